The minimum absolute atomic E-state index is 0.190. The molecule has 1 N–H and O–H groups in total. The minimum atomic E-state index is -0.571. The van der Waals surface area contributed by atoms with Gasteiger partial charge in [-0.15, -0.1) is 0 Å². The van der Waals surface area contributed by atoms with E-state index in [0.29, 0.717) is 5.82 Å². The highest BCUT2D eigenvalue weighted by atomic mass is 16.5. The standard InChI is InChI=1S/C10H10N2O3/c1-7-3-2-4-8(5-7)14-6-9-11-10(13)15-12-9/h2-5H,6H2,1H3,(H,11,12,13). The van der Waals surface area contributed by atoms with Gasteiger partial charge in [-0.2, -0.15) is 0 Å². The number of ether oxygens (including phenoxy) is 1. The largest absolute Gasteiger partial charge is 0.486 e. The number of aromatic amines is 1. The molecular weight excluding hydrogens is 196 g/mol. The van der Waals surface area contributed by atoms with Crippen LogP contribution in [0.1, 0.15) is 11.4 Å². The van der Waals surface area contributed by atoms with Gasteiger partial charge in [-0.05, 0) is 24.6 Å². The van der Waals surface area contributed by atoms with Crippen LogP contribution < -0.4 is 10.5 Å². The fourth-order valence-electron chi connectivity index (χ4n) is 1.18. The number of hydrogen-bond acceptors (Lipinski definition) is 4. The Kier molecular flexibility index (Phi) is 2.53. The van der Waals surface area contributed by atoms with Crippen LogP contribution in [0.5, 0.6) is 5.75 Å². The van der Waals surface area contributed by atoms with Crippen molar-refractivity contribution >= 4 is 0 Å². The van der Waals surface area contributed by atoms with Gasteiger partial charge in [0, 0.05) is 0 Å². The van der Waals surface area contributed by atoms with Crippen LogP contribution in [0.25, 0.3) is 0 Å². The lowest BCUT2D eigenvalue weighted by atomic mass is 10.2. The van der Waals surface area contributed by atoms with Crippen molar-refractivity contribution in [3.8, 4) is 5.75 Å². The topological polar surface area (TPSA) is 68.1 Å². The van der Waals surface area contributed by atoms with E-state index in [1.807, 2.05) is 31.2 Å². The van der Waals surface area contributed by atoms with E-state index in [0.717, 1.165) is 11.3 Å². The SMILES string of the molecule is Cc1cccc(OCc2noc(=O)[nH]2)c1. The number of benzene rings is 1. The van der Waals surface area contributed by atoms with E-state index in [9.17, 15) is 4.79 Å². The Morgan fingerprint density at radius 3 is 3.07 bits per heavy atom. The summed E-state index contributed by atoms with van der Waals surface area (Å²) in [6.45, 7) is 2.17. The normalized spacial score (nSPS) is 10.2. The molecule has 0 aliphatic heterocycles. The zero-order valence-electron chi connectivity index (χ0n) is 8.19. The molecule has 15 heavy (non-hydrogen) atoms. The summed E-state index contributed by atoms with van der Waals surface area (Å²) in [4.78, 5) is 13.0. The van der Waals surface area contributed by atoms with E-state index in [1.54, 1.807) is 0 Å². The molecule has 1 heterocycles. The highest BCUT2D eigenvalue weighted by molar-refractivity contribution is 5.27. The van der Waals surface area contributed by atoms with Gasteiger partial charge in [0.25, 0.3) is 0 Å². The Hall–Kier alpha value is -2.04. The molecule has 0 fully saturated rings. The maximum Gasteiger partial charge on any atom is 0.439 e. The van der Waals surface area contributed by atoms with Crippen molar-refractivity contribution in [3.05, 3.63) is 46.2 Å². The van der Waals surface area contributed by atoms with Gasteiger partial charge >= 0.3 is 5.76 Å². The highest BCUT2D eigenvalue weighted by Gasteiger charge is 2.01. The summed E-state index contributed by atoms with van der Waals surface area (Å²) in [6, 6.07) is 7.62. The summed E-state index contributed by atoms with van der Waals surface area (Å²) in [7, 11) is 0. The van der Waals surface area contributed by atoms with Crippen LogP contribution in [0.3, 0.4) is 0 Å². The third kappa shape index (κ3) is 2.46. The summed E-state index contributed by atoms with van der Waals surface area (Å²) in [5, 5.41) is 3.49. The molecule has 0 radical (unpaired) electrons. The molecule has 0 atom stereocenters. The van der Waals surface area contributed by atoms with Crippen molar-refractivity contribution in [1.29, 1.82) is 0 Å². The average molecular weight is 206 g/mol. The van der Waals surface area contributed by atoms with Gasteiger partial charge in [-0.25, -0.2) is 4.79 Å². The number of hydrogen-bond donors (Lipinski definition) is 1. The first-order chi connectivity index (χ1) is 7.24. The Balaban J connectivity index is 2.02. The van der Waals surface area contributed by atoms with Crippen LogP contribution in [0, 0.1) is 6.92 Å². The summed E-state index contributed by atoms with van der Waals surface area (Å²) < 4.78 is 9.73. The first kappa shape index (κ1) is 9.51. The number of nitrogens with zero attached hydrogens (tertiary/aromatic N) is 1. The Bertz CT molecular complexity index is 501. The molecule has 2 aromatic rings. The predicted octanol–water partition coefficient (Wildman–Crippen LogP) is 1.25. The first-order valence-corrected chi connectivity index (χ1v) is 4.48. The molecule has 1 aromatic heterocycles. The lowest BCUT2D eigenvalue weighted by molar-refractivity contribution is 0.285. The van der Waals surface area contributed by atoms with Crippen LogP contribution >= 0.6 is 0 Å². The molecular formula is C10H10N2O3. The quantitative estimate of drug-likeness (QED) is 0.820. The van der Waals surface area contributed by atoms with E-state index in [4.69, 9.17) is 4.74 Å². The monoisotopic (exact) mass is 206 g/mol. The number of H-pyrrole nitrogens is 1. The van der Waals surface area contributed by atoms with Crippen LogP contribution in [-0.2, 0) is 6.61 Å². The van der Waals surface area contributed by atoms with Crippen LogP contribution in [-0.4, -0.2) is 10.1 Å². The zero-order chi connectivity index (χ0) is 10.7. The maximum absolute atomic E-state index is 10.6. The second kappa shape index (κ2) is 4.00. The molecule has 0 aliphatic rings. The van der Waals surface area contributed by atoms with E-state index >= 15 is 0 Å². The highest BCUT2D eigenvalue weighted by Crippen LogP contribution is 2.13. The van der Waals surface area contributed by atoms with Gasteiger partial charge < -0.3 is 4.74 Å². The molecule has 0 amide bonds. The molecule has 2 rings (SSSR count). The number of aromatic nitrogens is 2. The predicted molar refractivity (Wildman–Crippen MR) is 52.6 cm³/mol. The molecule has 78 valence electrons. The van der Waals surface area contributed by atoms with Crippen molar-refractivity contribution < 1.29 is 9.26 Å². The average Bonchev–Trinajstić information content (AvgIpc) is 2.62. The zero-order valence-corrected chi connectivity index (χ0v) is 8.19. The van der Waals surface area contributed by atoms with Gasteiger partial charge in [0.1, 0.15) is 12.4 Å². The molecule has 1 aromatic carbocycles. The fourth-order valence-corrected chi connectivity index (χ4v) is 1.18. The van der Waals surface area contributed by atoms with Crippen molar-refractivity contribution in [2.45, 2.75) is 13.5 Å². The third-order valence-electron chi connectivity index (χ3n) is 1.85. The van der Waals surface area contributed by atoms with Crippen LogP contribution in [0.4, 0.5) is 0 Å². The Labute approximate surface area is 85.7 Å². The molecule has 0 saturated carbocycles. The van der Waals surface area contributed by atoms with E-state index in [1.165, 1.54) is 0 Å². The Morgan fingerprint density at radius 2 is 2.40 bits per heavy atom. The van der Waals surface area contributed by atoms with E-state index in [-0.39, 0.29) is 6.61 Å². The van der Waals surface area contributed by atoms with Gasteiger partial charge in [0.15, 0.2) is 5.82 Å². The smallest absolute Gasteiger partial charge is 0.439 e. The summed E-state index contributed by atoms with van der Waals surface area (Å²) >= 11 is 0. The fraction of sp³-hybridized carbons (Fsp3) is 0.200. The van der Waals surface area contributed by atoms with Crippen LogP contribution in [0.15, 0.2) is 33.6 Å². The number of rotatable bonds is 3. The maximum atomic E-state index is 10.6. The Morgan fingerprint density at radius 1 is 1.53 bits per heavy atom. The third-order valence-corrected chi connectivity index (χ3v) is 1.85. The van der Waals surface area contributed by atoms with E-state index < -0.39 is 5.76 Å². The second-order valence-corrected chi connectivity index (χ2v) is 3.15. The summed E-state index contributed by atoms with van der Waals surface area (Å²) in [5.74, 6) is 0.540. The molecule has 0 unspecified atom stereocenters. The molecule has 0 aliphatic carbocycles. The van der Waals surface area contributed by atoms with Crippen molar-refractivity contribution in [2.24, 2.45) is 0 Å². The summed E-state index contributed by atoms with van der Waals surface area (Å²) in [6.07, 6.45) is 0. The molecule has 0 saturated heterocycles. The molecule has 0 spiro atoms. The molecule has 0 bridgehead atoms. The van der Waals surface area contributed by atoms with Crippen molar-refractivity contribution in [1.82, 2.24) is 10.1 Å². The summed E-state index contributed by atoms with van der Waals surface area (Å²) in [5.41, 5.74) is 1.11. The second-order valence-electron chi connectivity index (χ2n) is 3.15. The van der Waals surface area contributed by atoms with E-state index in [2.05, 4.69) is 14.7 Å². The lowest BCUT2D eigenvalue weighted by Crippen LogP contribution is -2.01. The van der Waals surface area contributed by atoms with Crippen molar-refractivity contribution in [3.63, 3.8) is 0 Å². The minimum Gasteiger partial charge on any atom is -0.486 e. The molecule has 5 heteroatoms. The van der Waals surface area contributed by atoms with Gasteiger partial charge in [0.05, 0.1) is 0 Å². The van der Waals surface area contributed by atoms with Crippen LogP contribution in [0.2, 0.25) is 0 Å². The molecule has 5 nitrogen and oxygen atoms in total. The van der Waals surface area contributed by atoms with Gasteiger partial charge in [-0.1, -0.05) is 17.3 Å². The first-order valence-electron chi connectivity index (χ1n) is 4.48. The van der Waals surface area contributed by atoms with Gasteiger partial charge in [-0.3, -0.25) is 9.51 Å². The van der Waals surface area contributed by atoms with Gasteiger partial charge in [0.2, 0.25) is 0 Å². The lowest BCUT2D eigenvalue weighted by Gasteiger charge is -2.03. The number of aryl methyl sites for hydroxylation is 1. The van der Waals surface area contributed by atoms with Crippen molar-refractivity contribution in [2.75, 3.05) is 0 Å². The number of nitrogens with one attached hydrogen (secondary N) is 1.